The number of fused-ring (bicyclic) bond motifs is 2. The van der Waals surface area contributed by atoms with Crippen LogP contribution in [0.2, 0.25) is 0 Å². The van der Waals surface area contributed by atoms with E-state index in [1.54, 1.807) is 0 Å². The molecular weight excluding hydrogens is 514 g/mol. The van der Waals surface area contributed by atoms with Gasteiger partial charge in [-0.2, -0.15) is 0 Å². The zero-order chi connectivity index (χ0) is 29.2. The van der Waals surface area contributed by atoms with Crippen LogP contribution in [0.3, 0.4) is 0 Å². The van der Waals surface area contributed by atoms with Gasteiger partial charge in [0.05, 0.1) is 0 Å². The molecule has 2 aliphatic heterocycles. The summed E-state index contributed by atoms with van der Waals surface area (Å²) in [5.41, 5.74) is 7.68. The van der Waals surface area contributed by atoms with Crippen molar-refractivity contribution in [3.05, 3.63) is 46.5 Å². The van der Waals surface area contributed by atoms with Crippen LogP contribution in [-0.2, 0) is 10.8 Å². The molecule has 0 unspecified atom stereocenters. The van der Waals surface area contributed by atoms with E-state index in [0.29, 0.717) is 22.6 Å². The van der Waals surface area contributed by atoms with E-state index in [1.807, 2.05) is 0 Å². The summed E-state index contributed by atoms with van der Waals surface area (Å²) in [5, 5.41) is 2.86. The molecule has 39 heavy (non-hydrogen) atoms. The highest BCUT2D eigenvalue weighted by Gasteiger charge is 2.54. The van der Waals surface area contributed by atoms with Crippen LogP contribution in [0.5, 0.6) is 11.5 Å². The van der Waals surface area contributed by atoms with E-state index >= 15 is 0 Å². The van der Waals surface area contributed by atoms with E-state index in [4.69, 9.17) is 9.47 Å². The highest BCUT2D eigenvalue weighted by molar-refractivity contribution is 7.67. The second kappa shape index (κ2) is 10.6. The highest BCUT2D eigenvalue weighted by Crippen LogP contribution is 2.58. The number of benzene rings is 2. The molecule has 0 bridgehead atoms. The van der Waals surface area contributed by atoms with Crippen LogP contribution in [0.25, 0.3) is 0 Å². The molecule has 2 heterocycles. The van der Waals surface area contributed by atoms with Crippen LogP contribution in [0.15, 0.2) is 24.3 Å². The highest BCUT2D eigenvalue weighted by atomic mass is 31.1. The molecule has 2 aromatic rings. The first-order valence-corrected chi connectivity index (χ1v) is 18.1. The van der Waals surface area contributed by atoms with Crippen molar-refractivity contribution in [3.63, 3.8) is 0 Å². The molecular formula is C35H54O2P2. The number of hydrogen-bond acceptors (Lipinski definition) is 2. The number of ether oxygens (including phenoxy) is 2. The second-order valence-electron chi connectivity index (χ2n) is 14.7. The average Bonchev–Trinajstić information content (AvgIpc) is 2.74. The van der Waals surface area contributed by atoms with Crippen molar-refractivity contribution in [1.82, 2.24) is 0 Å². The van der Waals surface area contributed by atoms with Crippen molar-refractivity contribution in [2.24, 2.45) is 0 Å². The lowest BCUT2D eigenvalue weighted by Gasteiger charge is -2.53. The van der Waals surface area contributed by atoms with Gasteiger partial charge in [-0.3, -0.25) is 0 Å². The fourth-order valence-electron chi connectivity index (χ4n) is 7.55. The van der Waals surface area contributed by atoms with Gasteiger partial charge in [-0.1, -0.05) is 111 Å². The molecule has 4 rings (SSSR count). The zero-order valence-electron chi connectivity index (χ0n) is 27.2. The van der Waals surface area contributed by atoms with Gasteiger partial charge in [-0.05, 0) is 59.7 Å². The third-order valence-corrected chi connectivity index (χ3v) is 14.9. The molecule has 0 atom stereocenters. The summed E-state index contributed by atoms with van der Waals surface area (Å²) in [6.45, 7) is 33.2. The standard InChI is InChI=1S/C35H54O2P2/c1-21(2)38(22(3)4)29-17-25(9)15-27-31(29)36-35(19-33(27,11)12)20-34(13,14)28-16-26(10)18-30(32(28)37-35)39(23(5)6)24(7)8/h15-18,21-24H,19-20H2,1-14H3. The Kier molecular flexibility index (Phi) is 8.41. The molecule has 0 amide bonds. The molecule has 2 aromatic carbocycles. The fraction of sp³-hybridized carbons (Fsp3) is 0.657. The van der Waals surface area contributed by atoms with Gasteiger partial charge >= 0.3 is 0 Å². The van der Waals surface area contributed by atoms with Crippen molar-refractivity contribution < 1.29 is 9.47 Å². The largest absolute Gasteiger partial charge is 0.451 e. The number of rotatable bonds is 6. The molecule has 0 radical (unpaired) electrons. The Bertz CT molecular complexity index is 1110. The molecule has 2 nitrogen and oxygen atoms in total. The summed E-state index contributed by atoms with van der Waals surface area (Å²) in [7, 11) is -0.751. The minimum Gasteiger partial charge on any atom is -0.451 e. The fourth-order valence-corrected chi connectivity index (χ4v) is 13.7. The first kappa shape index (κ1) is 30.8. The third kappa shape index (κ3) is 5.69. The van der Waals surface area contributed by atoms with Crippen LogP contribution in [-0.4, -0.2) is 28.4 Å². The topological polar surface area (TPSA) is 18.5 Å². The molecule has 4 heteroatoms. The van der Waals surface area contributed by atoms with Gasteiger partial charge in [0.25, 0.3) is 5.79 Å². The Labute approximate surface area is 242 Å². The van der Waals surface area contributed by atoms with E-state index in [0.717, 1.165) is 24.3 Å². The summed E-state index contributed by atoms with van der Waals surface area (Å²) in [6.07, 6.45) is 1.71. The van der Waals surface area contributed by atoms with E-state index in [1.165, 1.54) is 32.9 Å². The summed E-state index contributed by atoms with van der Waals surface area (Å²) in [6, 6.07) is 9.61. The molecule has 216 valence electrons. The SMILES string of the molecule is Cc1cc(P(C(C)C)C(C)C)c2c(c1)C(C)(C)CC1(CC(C)(C)c3cc(C)cc(P(C(C)C)C(C)C)c3O1)O2. The quantitative estimate of drug-likeness (QED) is 0.323. The third-order valence-electron chi connectivity index (χ3n) is 8.67. The maximum Gasteiger partial charge on any atom is 0.253 e. The molecule has 0 fully saturated rings. The first-order valence-electron chi connectivity index (χ1n) is 15.1. The number of hydrogen-bond donors (Lipinski definition) is 0. The van der Waals surface area contributed by atoms with Crippen molar-refractivity contribution in [1.29, 1.82) is 0 Å². The van der Waals surface area contributed by atoms with Gasteiger partial charge in [0.1, 0.15) is 11.5 Å². The van der Waals surface area contributed by atoms with Crippen LogP contribution < -0.4 is 20.1 Å². The van der Waals surface area contributed by atoms with Gasteiger partial charge in [-0.25, -0.2) is 0 Å². The summed E-state index contributed by atoms with van der Waals surface area (Å²) < 4.78 is 14.7. The minimum atomic E-state index is -0.676. The summed E-state index contributed by atoms with van der Waals surface area (Å²) in [5.74, 6) is 1.56. The van der Waals surface area contributed by atoms with Gasteiger partial charge in [0.15, 0.2) is 0 Å². The summed E-state index contributed by atoms with van der Waals surface area (Å²) in [4.78, 5) is 0. The molecule has 0 N–H and O–H groups in total. The smallest absolute Gasteiger partial charge is 0.253 e. The lowest BCUT2D eigenvalue weighted by Crippen LogP contribution is -2.57. The van der Waals surface area contributed by atoms with Crippen molar-refractivity contribution in [2.45, 2.75) is 149 Å². The van der Waals surface area contributed by atoms with Gasteiger partial charge in [0, 0.05) is 45.4 Å². The van der Waals surface area contributed by atoms with E-state index < -0.39 is 5.79 Å². The Morgan fingerprint density at radius 2 is 0.872 bits per heavy atom. The van der Waals surface area contributed by atoms with Gasteiger partial charge in [-0.15, -0.1) is 0 Å². The predicted octanol–water partition coefficient (Wildman–Crippen LogP) is 9.67. The van der Waals surface area contributed by atoms with Crippen molar-refractivity contribution in [2.75, 3.05) is 0 Å². The predicted molar refractivity (Wildman–Crippen MR) is 175 cm³/mol. The Morgan fingerprint density at radius 3 is 1.15 bits per heavy atom. The normalized spacial score (nSPS) is 19.2. The van der Waals surface area contributed by atoms with Crippen LogP contribution in [0.4, 0.5) is 0 Å². The Morgan fingerprint density at radius 1 is 0.564 bits per heavy atom. The molecule has 1 spiro atoms. The van der Waals surface area contributed by atoms with E-state index in [-0.39, 0.29) is 26.7 Å². The maximum absolute atomic E-state index is 7.34. The second-order valence-corrected chi connectivity index (χ2v) is 21.5. The zero-order valence-corrected chi connectivity index (χ0v) is 29.0. The molecule has 0 aliphatic carbocycles. The average molecular weight is 569 g/mol. The van der Waals surface area contributed by atoms with Gasteiger partial charge in [0.2, 0.25) is 0 Å². The molecule has 0 saturated carbocycles. The summed E-state index contributed by atoms with van der Waals surface area (Å²) >= 11 is 0. The minimum absolute atomic E-state index is 0.0530. The number of aryl methyl sites for hydroxylation is 2. The van der Waals surface area contributed by atoms with Crippen LogP contribution in [0.1, 0.15) is 118 Å². The van der Waals surface area contributed by atoms with E-state index in [2.05, 4.69) is 121 Å². The van der Waals surface area contributed by atoms with Crippen molar-refractivity contribution in [3.8, 4) is 11.5 Å². The van der Waals surface area contributed by atoms with Gasteiger partial charge < -0.3 is 9.47 Å². The Balaban J connectivity index is 1.95. The molecule has 0 saturated heterocycles. The monoisotopic (exact) mass is 568 g/mol. The maximum atomic E-state index is 7.34. The van der Waals surface area contributed by atoms with Crippen molar-refractivity contribution >= 4 is 26.5 Å². The van der Waals surface area contributed by atoms with E-state index in [9.17, 15) is 0 Å². The molecule has 0 aromatic heterocycles. The van der Waals surface area contributed by atoms with Crippen LogP contribution in [0, 0.1) is 13.8 Å². The Hall–Kier alpha value is -1.10. The van der Waals surface area contributed by atoms with Crippen LogP contribution >= 0.6 is 15.8 Å². The first-order chi connectivity index (χ1) is 17.9. The lowest BCUT2D eigenvalue weighted by molar-refractivity contribution is -0.165. The molecule has 2 aliphatic rings. The lowest BCUT2D eigenvalue weighted by atomic mass is 9.69.